The summed E-state index contributed by atoms with van der Waals surface area (Å²) in [5.41, 5.74) is 8.33. The Kier molecular flexibility index (Phi) is 5.64. The summed E-state index contributed by atoms with van der Waals surface area (Å²) < 4.78 is 2.16. The highest BCUT2D eigenvalue weighted by molar-refractivity contribution is 5.86. The van der Waals surface area contributed by atoms with Crippen LogP contribution in [0.5, 0.6) is 0 Å². The van der Waals surface area contributed by atoms with E-state index in [1.807, 2.05) is 24.3 Å². The van der Waals surface area contributed by atoms with Crippen molar-refractivity contribution in [2.24, 2.45) is 0 Å². The highest BCUT2D eigenvalue weighted by atomic mass is 15.1. The number of imidazole rings is 1. The molecule has 5 rings (SSSR count). The van der Waals surface area contributed by atoms with Gasteiger partial charge in [-0.2, -0.15) is 5.26 Å². The Bertz CT molecular complexity index is 1340. The van der Waals surface area contributed by atoms with E-state index in [4.69, 9.17) is 4.98 Å². The van der Waals surface area contributed by atoms with Gasteiger partial charge in [-0.05, 0) is 62.3 Å². The fourth-order valence-corrected chi connectivity index (χ4v) is 4.86. The van der Waals surface area contributed by atoms with Gasteiger partial charge in [-0.25, -0.2) is 4.98 Å². The molecule has 0 aliphatic heterocycles. The molecule has 1 N–H and O–H groups in total. The third-order valence-electron chi connectivity index (χ3n) is 6.58. The van der Waals surface area contributed by atoms with E-state index in [2.05, 4.69) is 59.1 Å². The lowest BCUT2D eigenvalue weighted by Gasteiger charge is -2.20. The number of aromatic nitrogens is 2. The third kappa shape index (κ3) is 3.76. The second-order valence-corrected chi connectivity index (χ2v) is 8.65. The van der Waals surface area contributed by atoms with Gasteiger partial charge in [0.1, 0.15) is 11.9 Å². The molecule has 0 radical (unpaired) electrons. The topological polar surface area (TPSA) is 53.1 Å². The first kappa shape index (κ1) is 20.3. The maximum atomic E-state index is 10.0. The van der Waals surface area contributed by atoms with Crippen molar-refractivity contribution < 1.29 is 0 Å². The number of anilines is 1. The van der Waals surface area contributed by atoms with Gasteiger partial charge in [0.05, 0.1) is 16.6 Å². The fraction of sp³-hybridized carbons (Fsp3) is 0.286. The summed E-state index contributed by atoms with van der Waals surface area (Å²) in [5.74, 6) is 1.06. The first-order valence-corrected chi connectivity index (χ1v) is 11.5. The SMILES string of the molecule is Cc1c(Cc2ccccc2)c(NCCC2=CCCCC2)n2c(nc3ccccc32)c1C#N. The van der Waals surface area contributed by atoms with Crippen molar-refractivity contribution in [3.05, 3.63) is 88.5 Å². The molecule has 0 fully saturated rings. The van der Waals surface area contributed by atoms with Crippen molar-refractivity contribution >= 4 is 22.5 Å². The predicted molar refractivity (Wildman–Crippen MR) is 131 cm³/mol. The van der Waals surface area contributed by atoms with Crippen LogP contribution in [-0.4, -0.2) is 15.9 Å². The summed E-state index contributed by atoms with van der Waals surface area (Å²) in [6.45, 7) is 2.94. The lowest BCUT2D eigenvalue weighted by molar-refractivity contribution is 0.679. The van der Waals surface area contributed by atoms with Crippen LogP contribution in [0.2, 0.25) is 0 Å². The Balaban J connectivity index is 1.65. The van der Waals surface area contributed by atoms with E-state index >= 15 is 0 Å². The van der Waals surface area contributed by atoms with Gasteiger partial charge in [0, 0.05) is 18.5 Å². The van der Waals surface area contributed by atoms with Crippen molar-refractivity contribution in [1.82, 2.24) is 9.38 Å². The van der Waals surface area contributed by atoms with Crippen LogP contribution in [0.1, 0.15) is 54.4 Å². The Hall–Kier alpha value is -3.58. The smallest absolute Gasteiger partial charge is 0.157 e. The molecule has 2 aromatic carbocycles. The quantitative estimate of drug-likeness (QED) is 0.359. The molecule has 160 valence electrons. The molecule has 0 spiro atoms. The van der Waals surface area contributed by atoms with E-state index in [0.29, 0.717) is 5.56 Å². The number of para-hydroxylation sites is 2. The number of rotatable bonds is 6. The molecule has 2 aromatic heterocycles. The van der Waals surface area contributed by atoms with Crippen LogP contribution < -0.4 is 5.32 Å². The monoisotopic (exact) mass is 420 g/mol. The van der Waals surface area contributed by atoms with Crippen LogP contribution in [0.4, 0.5) is 5.82 Å². The summed E-state index contributed by atoms with van der Waals surface area (Å²) in [4.78, 5) is 4.84. The number of hydrogen-bond acceptors (Lipinski definition) is 3. The maximum absolute atomic E-state index is 10.0. The minimum Gasteiger partial charge on any atom is -0.371 e. The number of nitrogens with zero attached hydrogens (tertiary/aromatic N) is 3. The van der Waals surface area contributed by atoms with Gasteiger partial charge >= 0.3 is 0 Å². The van der Waals surface area contributed by atoms with Crippen molar-refractivity contribution in [2.45, 2.75) is 45.4 Å². The van der Waals surface area contributed by atoms with E-state index in [9.17, 15) is 5.26 Å². The van der Waals surface area contributed by atoms with Gasteiger partial charge in [0.2, 0.25) is 0 Å². The lowest BCUT2D eigenvalue weighted by atomic mass is 9.96. The minimum absolute atomic E-state index is 0.660. The molecule has 0 saturated heterocycles. The zero-order chi connectivity index (χ0) is 21.9. The van der Waals surface area contributed by atoms with Gasteiger partial charge < -0.3 is 5.32 Å². The molecule has 0 unspecified atom stereocenters. The number of nitrogens with one attached hydrogen (secondary N) is 1. The summed E-state index contributed by atoms with van der Waals surface area (Å²) in [6, 6.07) is 21.1. The molecular weight excluding hydrogens is 392 g/mol. The van der Waals surface area contributed by atoms with Crippen molar-refractivity contribution in [2.75, 3.05) is 11.9 Å². The van der Waals surface area contributed by atoms with Gasteiger partial charge in [0.25, 0.3) is 0 Å². The van der Waals surface area contributed by atoms with E-state index in [1.54, 1.807) is 5.57 Å². The largest absolute Gasteiger partial charge is 0.371 e. The average Bonchev–Trinajstić information content (AvgIpc) is 3.21. The van der Waals surface area contributed by atoms with Crippen LogP contribution in [0.25, 0.3) is 16.7 Å². The minimum atomic E-state index is 0.660. The van der Waals surface area contributed by atoms with E-state index in [-0.39, 0.29) is 0 Å². The predicted octanol–water partition coefficient (Wildman–Crippen LogP) is 6.56. The van der Waals surface area contributed by atoms with Crippen LogP contribution in [0, 0.1) is 18.3 Å². The zero-order valence-corrected chi connectivity index (χ0v) is 18.6. The molecule has 4 heteroatoms. The number of hydrogen-bond donors (Lipinski definition) is 1. The highest BCUT2D eigenvalue weighted by Crippen LogP contribution is 2.32. The molecule has 1 aliphatic rings. The van der Waals surface area contributed by atoms with Crippen LogP contribution in [0.3, 0.4) is 0 Å². The van der Waals surface area contributed by atoms with Crippen molar-refractivity contribution in [3.8, 4) is 6.07 Å². The van der Waals surface area contributed by atoms with Gasteiger partial charge in [0.15, 0.2) is 5.65 Å². The summed E-state index contributed by atoms with van der Waals surface area (Å²) in [7, 11) is 0. The maximum Gasteiger partial charge on any atom is 0.157 e. The second-order valence-electron chi connectivity index (χ2n) is 8.65. The number of fused-ring (bicyclic) bond motifs is 3. The molecule has 0 saturated carbocycles. The van der Waals surface area contributed by atoms with E-state index in [1.165, 1.54) is 36.8 Å². The summed E-state index contributed by atoms with van der Waals surface area (Å²) >= 11 is 0. The molecule has 1 aliphatic carbocycles. The van der Waals surface area contributed by atoms with Gasteiger partial charge in [-0.15, -0.1) is 0 Å². The highest BCUT2D eigenvalue weighted by Gasteiger charge is 2.21. The summed E-state index contributed by atoms with van der Waals surface area (Å²) in [6.07, 6.45) is 9.29. The van der Waals surface area contributed by atoms with Crippen molar-refractivity contribution in [1.29, 1.82) is 5.26 Å². The molecule has 0 bridgehead atoms. The molecule has 2 heterocycles. The Morgan fingerprint density at radius 1 is 1.06 bits per heavy atom. The van der Waals surface area contributed by atoms with Gasteiger partial charge in [-0.3, -0.25) is 4.40 Å². The molecule has 0 amide bonds. The Morgan fingerprint density at radius 3 is 2.66 bits per heavy atom. The average molecular weight is 421 g/mol. The first-order chi connectivity index (χ1) is 15.8. The second kappa shape index (κ2) is 8.88. The van der Waals surface area contributed by atoms with Crippen LogP contribution in [0.15, 0.2) is 66.2 Å². The standard InChI is InChI=1S/C28H28N4/c1-20-23(18-22-12-6-3-7-13-22)27(30-17-16-21-10-4-2-5-11-21)32-26-15-9-8-14-25(26)31-28(32)24(20)19-29/h3,6-10,12-15,30H,2,4-5,11,16-18H2,1H3. The molecular formula is C28H28N4. The number of benzene rings is 2. The zero-order valence-electron chi connectivity index (χ0n) is 18.6. The van der Waals surface area contributed by atoms with Crippen LogP contribution >= 0.6 is 0 Å². The number of allylic oxidation sites excluding steroid dienone is 1. The first-order valence-electron chi connectivity index (χ1n) is 11.5. The van der Waals surface area contributed by atoms with E-state index < -0.39 is 0 Å². The molecule has 4 aromatic rings. The normalized spacial score (nSPS) is 13.8. The molecule has 0 atom stereocenters. The number of nitriles is 1. The summed E-state index contributed by atoms with van der Waals surface area (Å²) in [5, 5.41) is 13.8. The van der Waals surface area contributed by atoms with Crippen LogP contribution in [-0.2, 0) is 6.42 Å². The van der Waals surface area contributed by atoms with E-state index in [0.717, 1.165) is 47.4 Å². The Morgan fingerprint density at radius 2 is 1.88 bits per heavy atom. The van der Waals surface area contributed by atoms with Gasteiger partial charge in [-0.1, -0.05) is 54.1 Å². The molecule has 4 nitrogen and oxygen atoms in total. The molecule has 32 heavy (non-hydrogen) atoms. The number of pyridine rings is 1. The van der Waals surface area contributed by atoms with Crippen molar-refractivity contribution in [3.63, 3.8) is 0 Å². The Labute approximate surface area is 189 Å². The lowest BCUT2D eigenvalue weighted by Crippen LogP contribution is -2.13. The third-order valence-corrected chi connectivity index (χ3v) is 6.58. The fourth-order valence-electron chi connectivity index (χ4n) is 4.86.